The Kier molecular flexibility index (Phi) is 1.86. The van der Waals surface area contributed by atoms with E-state index in [2.05, 4.69) is 22.2 Å². The minimum absolute atomic E-state index is 0.801. The van der Waals surface area contributed by atoms with Crippen LogP contribution in [0.15, 0.2) is 0 Å². The van der Waals surface area contributed by atoms with Gasteiger partial charge in [-0.3, -0.25) is 4.40 Å². The van der Waals surface area contributed by atoms with E-state index in [-0.39, 0.29) is 0 Å². The highest BCUT2D eigenvalue weighted by molar-refractivity contribution is 7.17. The van der Waals surface area contributed by atoms with Crippen LogP contribution in [-0.4, -0.2) is 9.38 Å². The van der Waals surface area contributed by atoms with Crippen molar-refractivity contribution in [2.45, 2.75) is 32.6 Å². The normalized spacial score (nSPS) is 15.2. The smallest absolute Gasteiger partial charge is 0.195 e. The molecule has 2 aromatic rings. The van der Waals surface area contributed by atoms with Crippen LogP contribution in [-0.2, 0) is 12.8 Å². The van der Waals surface area contributed by atoms with Gasteiger partial charge in [0.2, 0.25) is 0 Å². The second-order valence-electron chi connectivity index (χ2n) is 3.99. The molecule has 0 saturated heterocycles. The molecule has 0 spiro atoms. The SMILES string of the molecule is C#Cc1nc2sc3c(n2c1C)CCCC3. The predicted molar refractivity (Wildman–Crippen MR) is 62.4 cm³/mol. The molecule has 0 atom stereocenters. The van der Waals surface area contributed by atoms with Crippen molar-refractivity contribution < 1.29 is 0 Å². The van der Waals surface area contributed by atoms with E-state index < -0.39 is 0 Å². The first-order chi connectivity index (χ1) is 7.31. The predicted octanol–water partition coefficient (Wildman–Crippen LogP) is 2.56. The molecule has 0 aliphatic heterocycles. The van der Waals surface area contributed by atoms with Crippen LogP contribution >= 0.6 is 11.3 Å². The van der Waals surface area contributed by atoms with Crippen LogP contribution in [0.3, 0.4) is 0 Å². The van der Waals surface area contributed by atoms with Crippen LogP contribution in [0.5, 0.6) is 0 Å². The standard InChI is InChI=1S/C12H12N2S/c1-3-9-8(2)14-10-6-4-5-7-11(10)15-12(14)13-9/h1H,4-7H2,2H3. The van der Waals surface area contributed by atoms with Gasteiger partial charge in [-0.1, -0.05) is 0 Å². The molecule has 2 nitrogen and oxygen atoms in total. The average molecular weight is 216 g/mol. The third kappa shape index (κ3) is 1.15. The Balaban J connectivity index is 2.34. The average Bonchev–Trinajstić information content (AvgIpc) is 2.75. The third-order valence-electron chi connectivity index (χ3n) is 3.09. The fraction of sp³-hybridized carbons (Fsp3) is 0.417. The monoisotopic (exact) mass is 216 g/mol. The van der Waals surface area contributed by atoms with Crippen LogP contribution in [0, 0.1) is 19.3 Å². The highest BCUT2D eigenvalue weighted by atomic mass is 32.1. The Morgan fingerprint density at radius 1 is 1.40 bits per heavy atom. The first-order valence-corrected chi connectivity index (χ1v) is 6.09. The van der Waals surface area contributed by atoms with E-state index in [9.17, 15) is 0 Å². The van der Waals surface area contributed by atoms with Gasteiger partial charge in [-0.2, -0.15) is 0 Å². The van der Waals surface area contributed by atoms with E-state index in [1.807, 2.05) is 0 Å². The fourth-order valence-electron chi connectivity index (χ4n) is 2.32. The number of terminal acetylenes is 1. The molecule has 0 aromatic carbocycles. The lowest BCUT2D eigenvalue weighted by Gasteiger charge is -2.10. The van der Waals surface area contributed by atoms with Crippen LogP contribution in [0.4, 0.5) is 0 Å². The molecule has 15 heavy (non-hydrogen) atoms. The van der Waals surface area contributed by atoms with Gasteiger partial charge in [0.25, 0.3) is 0 Å². The number of fused-ring (bicyclic) bond motifs is 3. The largest absolute Gasteiger partial charge is 0.290 e. The van der Waals surface area contributed by atoms with Gasteiger partial charge in [-0.05, 0) is 38.5 Å². The third-order valence-corrected chi connectivity index (χ3v) is 4.23. The maximum atomic E-state index is 5.43. The summed E-state index contributed by atoms with van der Waals surface area (Å²) in [7, 11) is 0. The molecule has 0 saturated carbocycles. The van der Waals surface area contributed by atoms with Gasteiger partial charge in [-0.15, -0.1) is 17.8 Å². The Morgan fingerprint density at radius 2 is 2.20 bits per heavy atom. The molecule has 2 aromatic heterocycles. The second-order valence-corrected chi connectivity index (χ2v) is 5.05. The van der Waals surface area contributed by atoms with Crippen molar-refractivity contribution in [1.29, 1.82) is 0 Å². The summed E-state index contributed by atoms with van der Waals surface area (Å²) in [5.41, 5.74) is 3.38. The number of hydrogen-bond donors (Lipinski definition) is 0. The lowest BCUT2D eigenvalue weighted by Crippen LogP contribution is -2.03. The number of nitrogens with zero attached hydrogens (tertiary/aromatic N) is 2. The topological polar surface area (TPSA) is 17.3 Å². The van der Waals surface area contributed by atoms with Crippen molar-refractivity contribution in [3.63, 3.8) is 0 Å². The Labute approximate surface area is 93.0 Å². The highest BCUT2D eigenvalue weighted by Gasteiger charge is 2.19. The molecular formula is C12H12N2S. The van der Waals surface area contributed by atoms with Crippen LogP contribution in [0.2, 0.25) is 0 Å². The Hall–Kier alpha value is -1.27. The van der Waals surface area contributed by atoms with Crippen LogP contribution in [0.1, 0.15) is 34.8 Å². The summed E-state index contributed by atoms with van der Waals surface area (Å²) in [6.07, 6.45) is 10.4. The van der Waals surface area contributed by atoms with E-state index in [1.165, 1.54) is 36.3 Å². The summed E-state index contributed by atoms with van der Waals surface area (Å²) < 4.78 is 2.26. The molecule has 3 rings (SSSR count). The first kappa shape index (κ1) is 8.99. The number of hydrogen-bond acceptors (Lipinski definition) is 2. The van der Waals surface area contributed by atoms with Gasteiger partial charge in [-0.25, -0.2) is 4.98 Å². The summed E-state index contributed by atoms with van der Waals surface area (Å²) in [5.74, 6) is 2.65. The highest BCUT2D eigenvalue weighted by Crippen LogP contribution is 2.31. The zero-order valence-electron chi connectivity index (χ0n) is 8.71. The maximum Gasteiger partial charge on any atom is 0.195 e. The van der Waals surface area contributed by atoms with E-state index in [0.29, 0.717) is 0 Å². The van der Waals surface area contributed by atoms with Gasteiger partial charge in [0.1, 0.15) is 5.69 Å². The zero-order chi connectivity index (χ0) is 10.4. The van der Waals surface area contributed by atoms with Gasteiger partial charge in [0.15, 0.2) is 4.96 Å². The van der Waals surface area contributed by atoms with Gasteiger partial charge in [0.05, 0.1) is 5.69 Å². The number of imidazole rings is 1. The van der Waals surface area contributed by atoms with E-state index in [0.717, 1.165) is 16.3 Å². The fourth-order valence-corrected chi connectivity index (χ4v) is 3.57. The van der Waals surface area contributed by atoms with E-state index in [1.54, 1.807) is 11.3 Å². The molecule has 0 unspecified atom stereocenters. The van der Waals surface area contributed by atoms with Crippen molar-refractivity contribution in [2.75, 3.05) is 0 Å². The van der Waals surface area contributed by atoms with E-state index in [4.69, 9.17) is 6.42 Å². The van der Waals surface area contributed by atoms with Crippen LogP contribution < -0.4 is 0 Å². The number of thiazole rings is 1. The molecule has 2 heterocycles. The van der Waals surface area contributed by atoms with Gasteiger partial charge < -0.3 is 0 Å². The molecule has 0 radical (unpaired) electrons. The maximum absolute atomic E-state index is 5.43. The summed E-state index contributed by atoms with van der Waals surface area (Å²) in [6.45, 7) is 2.07. The van der Waals surface area contributed by atoms with Gasteiger partial charge >= 0.3 is 0 Å². The van der Waals surface area contributed by atoms with Crippen molar-refractivity contribution in [3.05, 3.63) is 22.0 Å². The number of aryl methyl sites for hydroxylation is 3. The molecule has 0 fully saturated rings. The summed E-state index contributed by atoms with van der Waals surface area (Å²) in [4.78, 5) is 7.07. The summed E-state index contributed by atoms with van der Waals surface area (Å²) in [6, 6.07) is 0. The summed E-state index contributed by atoms with van der Waals surface area (Å²) >= 11 is 1.81. The molecule has 3 heteroatoms. The molecular weight excluding hydrogens is 204 g/mol. The Morgan fingerprint density at radius 3 is 3.00 bits per heavy atom. The molecule has 0 N–H and O–H groups in total. The quantitative estimate of drug-likeness (QED) is 0.619. The lowest BCUT2D eigenvalue weighted by molar-refractivity contribution is 0.672. The van der Waals surface area contributed by atoms with E-state index >= 15 is 0 Å². The first-order valence-electron chi connectivity index (χ1n) is 5.27. The summed E-state index contributed by atoms with van der Waals surface area (Å²) in [5, 5.41) is 0. The number of aromatic nitrogens is 2. The Bertz CT molecular complexity index is 568. The van der Waals surface area contributed by atoms with Crippen molar-refractivity contribution in [2.24, 2.45) is 0 Å². The molecule has 0 amide bonds. The second kappa shape index (κ2) is 3.11. The van der Waals surface area contributed by atoms with Crippen molar-refractivity contribution >= 4 is 16.3 Å². The lowest BCUT2D eigenvalue weighted by atomic mass is 10.0. The zero-order valence-corrected chi connectivity index (χ0v) is 9.52. The molecule has 0 bridgehead atoms. The van der Waals surface area contributed by atoms with Crippen molar-refractivity contribution in [3.8, 4) is 12.3 Å². The molecule has 76 valence electrons. The van der Waals surface area contributed by atoms with Crippen LogP contribution in [0.25, 0.3) is 4.96 Å². The minimum Gasteiger partial charge on any atom is -0.290 e. The molecule has 1 aliphatic carbocycles. The molecule has 1 aliphatic rings. The van der Waals surface area contributed by atoms with Crippen molar-refractivity contribution in [1.82, 2.24) is 9.38 Å². The number of rotatable bonds is 0. The minimum atomic E-state index is 0.801. The van der Waals surface area contributed by atoms with Gasteiger partial charge in [0, 0.05) is 10.6 Å².